The van der Waals surface area contributed by atoms with Gasteiger partial charge in [0, 0.05) is 11.2 Å². The van der Waals surface area contributed by atoms with Crippen LogP contribution in [-0.2, 0) is 0 Å². The summed E-state index contributed by atoms with van der Waals surface area (Å²) >= 11 is 0. The highest BCUT2D eigenvalue weighted by Crippen LogP contribution is 2.09. The van der Waals surface area contributed by atoms with Crippen molar-refractivity contribution >= 4 is 11.0 Å². The lowest BCUT2D eigenvalue weighted by Crippen LogP contribution is -2.34. The molecule has 72 valence electrons. The molecule has 5 nitrogen and oxygen atoms in total. The first-order valence-electron chi connectivity index (χ1n) is 4.23. The van der Waals surface area contributed by atoms with E-state index in [-0.39, 0.29) is 5.82 Å². The Balaban J connectivity index is 2.72. The highest BCUT2D eigenvalue weighted by atomic mass is 16.5. The van der Waals surface area contributed by atoms with E-state index in [1.165, 1.54) is 6.92 Å². The summed E-state index contributed by atoms with van der Waals surface area (Å²) in [4.78, 5) is 4.53. The minimum Gasteiger partial charge on any atom is -0.594 e. The lowest BCUT2D eigenvalue weighted by molar-refractivity contribution is -0.644. The molecule has 1 aromatic carbocycles. The smallest absolute Gasteiger partial charge is 0.270 e. The fourth-order valence-corrected chi connectivity index (χ4v) is 1.19. The van der Waals surface area contributed by atoms with E-state index in [1.807, 2.05) is 0 Å². The van der Waals surface area contributed by atoms with Crippen LogP contribution < -0.4 is 4.85 Å². The second kappa shape index (κ2) is 3.19. The Kier molecular flexibility index (Phi) is 2.01. The summed E-state index contributed by atoms with van der Waals surface area (Å²) in [5, 5.41) is 24.2. The van der Waals surface area contributed by atoms with Gasteiger partial charge >= 0.3 is 0 Å². The van der Waals surface area contributed by atoms with Crippen LogP contribution in [0.2, 0.25) is 0 Å². The van der Waals surface area contributed by atoms with Crippen molar-refractivity contribution in [1.82, 2.24) is 10.1 Å². The first kappa shape index (κ1) is 8.83. The number of hydrogen-bond donors (Lipinski definition) is 1. The summed E-state index contributed by atoms with van der Waals surface area (Å²) in [6.07, 6.45) is -0.834. The summed E-state index contributed by atoms with van der Waals surface area (Å²) < 4.78 is 0. The van der Waals surface area contributed by atoms with Crippen molar-refractivity contribution in [3.05, 3.63) is 35.3 Å². The number of fused-ring (bicyclic) bond motifs is 1. The fourth-order valence-electron chi connectivity index (χ4n) is 1.19. The topological polar surface area (TPSA) is 73.0 Å². The Morgan fingerprint density at radius 1 is 1.43 bits per heavy atom. The van der Waals surface area contributed by atoms with Gasteiger partial charge in [0.25, 0.3) is 5.52 Å². The van der Waals surface area contributed by atoms with E-state index in [1.54, 1.807) is 24.3 Å². The maximum Gasteiger partial charge on any atom is 0.270 e. The Morgan fingerprint density at radius 2 is 2.14 bits per heavy atom. The molecule has 1 atom stereocenters. The lowest BCUT2D eigenvalue weighted by atomic mass is 10.3. The third-order valence-corrected chi connectivity index (χ3v) is 1.89. The van der Waals surface area contributed by atoms with Crippen molar-refractivity contribution in [3.8, 4) is 0 Å². The fraction of sp³-hybridized carbons (Fsp3) is 0.222. The number of hydrogen-bond acceptors (Lipinski definition) is 4. The molecule has 0 saturated carbocycles. The molecule has 14 heavy (non-hydrogen) atoms. The van der Waals surface area contributed by atoms with Gasteiger partial charge in [0.05, 0.1) is 0 Å². The molecule has 2 aromatic rings. The van der Waals surface area contributed by atoms with Gasteiger partial charge in [-0.15, -0.1) is 0 Å². The van der Waals surface area contributed by atoms with E-state index < -0.39 is 6.10 Å². The Bertz CT molecular complexity index is 471. The van der Waals surface area contributed by atoms with Crippen molar-refractivity contribution in [2.24, 2.45) is 0 Å². The predicted octanol–water partition coefficient (Wildman–Crippen LogP) is 0.316. The number of aliphatic hydroxyl groups excluding tert-OH is 1. The highest BCUT2D eigenvalue weighted by Gasteiger charge is 2.13. The quantitative estimate of drug-likeness (QED) is 0.520. The maximum absolute atomic E-state index is 11.4. The molecule has 1 N–H and O–H groups in total. The van der Waals surface area contributed by atoms with E-state index >= 15 is 0 Å². The first-order chi connectivity index (χ1) is 6.68. The minimum absolute atomic E-state index is 0.138. The predicted molar refractivity (Wildman–Crippen MR) is 49.1 cm³/mol. The SMILES string of the molecule is CC(O)c1nc2ccccc2[n+]([O-])n1. The molecular formula is C9H9N3O2. The van der Waals surface area contributed by atoms with Gasteiger partial charge in [0.15, 0.2) is 0 Å². The van der Waals surface area contributed by atoms with Gasteiger partial charge in [0.1, 0.15) is 11.6 Å². The second-order valence-corrected chi connectivity index (χ2v) is 3.01. The summed E-state index contributed by atoms with van der Waals surface area (Å²) in [5.74, 6) is 0.138. The van der Waals surface area contributed by atoms with E-state index in [0.717, 1.165) is 0 Å². The zero-order valence-electron chi connectivity index (χ0n) is 7.58. The van der Waals surface area contributed by atoms with Gasteiger partial charge in [-0.1, -0.05) is 12.1 Å². The van der Waals surface area contributed by atoms with E-state index in [4.69, 9.17) is 0 Å². The van der Waals surface area contributed by atoms with Gasteiger partial charge in [0.2, 0.25) is 5.82 Å². The van der Waals surface area contributed by atoms with Crippen LogP contribution in [0.15, 0.2) is 24.3 Å². The molecule has 1 heterocycles. The average Bonchev–Trinajstić information content (AvgIpc) is 2.17. The molecule has 1 unspecified atom stereocenters. The van der Waals surface area contributed by atoms with Gasteiger partial charge in [-0.25, -0.2) is 4.98 Å². The number of aromatic nitrogens is 3. The van der Waals surface area contributed by atoms with E-state index in [2.05, 4.69) is 10.1 Å². The van der Waals surface area contributed by atoms with Crippen molar-refractivity contribution in [1.29, 1.82) is 0 Å². The van der Waals surface area contributed by atoms with Gasteiger partial charge < -0.3 is 10.3 Å². The molecule has 0 radical (unpaired) electrons. The standard InChI is InChI=1S/C9H9N3O2/c1-6(13)9-10-7-4-2-3-5-8(7)12(14)11-9/h2-6,13H,1H3. The summed E-state index contributed by atoms with van der Waals surface area (Å²) in [7, 11) is 0. The third-order valence-electron chi connectivity index (χ3n) is 1.89. The zero-order chi connectivity index (χ0) is 10.1. The Labute approximate surface area is 80.2 Å². The highest BCUT2D eigenvalue weighted by molar-refractivity contribution is 5.70. The van der Waals surface area contributed by atoms with Crippen LogP contribution in [0.5, 0.6) is 0 Å². The van der Waals surface area contributed by atoms with Crippen LogP contribution in [0.1, 0.15) is 18.9 Å². The summed E-state index contributed by atoms with van der Waals surface area (Å²) in [6.45, 7) is 1.52. The van der Waals surface area contributed by atoms with Crippen molar-refractivity contribution < 1.29 is 9.95 Å². The molecule has 0 spiro atoms. The Hall–Kier alpha value is -1.75. The third kappa shape index (κ3) is 1.38. The number of nitrogens with zero attached hydrogens (tertiary/aromatic N) is 3. The van der Waals surface area contributed by atoms with Crippen LogP contribution in [0.25, 0.3) is 11.0 Å². The summed E-state index contributed by atoms with van der Waals surface area (Å²) in [6, 6.07) is 6.86. The number of rotatable bonds is 1. The maximum atomic E-state index is 11.4. The average molecular weight is 191 g/mol. The molecule has 0 aliphatic carbocycles. The minimum atomic E-state index is -0.834. The zero-order valence-corrected chi connectivity index (χ0v) is 7.58. The van der Waals surface area contributed by atoms with Crippen LogP contribution in [0.3, 0.4) is 0 Å². The molecule has 5 heteroatoms. The number of aliphatic hydroxyl groups is 1. The van der Waals surface area contributed by atoms with Gasteiger partial charge in [-0.05, 0) is 17.8 Å². The van der Waals surface area contributed by atoms with Crippen LogP contribution >= 0.6 is 0 Å². The van der Waals surface area contributed by atoms with E-state index in [9.17, 15) is 10.3 Å². The lowest BCUT2D eigenvalue weighted by Gasteiger charge is -2.03. The van der Waals surface area contributed by atoms with Crippen molar-refractivity contribution in [2.75, 3.05) is 0 Å². The van der Waals surface area contributed by atoms with Crippen LogP contribution in [0.4, 0.5) is 0 Å². The normalized spacial score (nSPS) is 13.0. The van der Waals surface area contributed by atoms with Gasteiger partial charge in [-0.3, -0.25) is 0 Å². The monoisotopic (exact) mass is 191 g/mol. The molecule has 0 bridgehead atoms. The van der Waals surface area contributed by atoms with Crippen LogP contribution in [-0.4, -0.2) is 15.2 Å². The van der Waals surface area contributed by atoms with Gasteiger partial charge in [-0.2, -0.15) is 0 Å². The number of benzene rings is 1. The number of para-hydroxylation sites is 2. The molecule has 0 amide bonds. The molecule has 0 aliphatic heterocycles. The second-order valence-electron chi connectivity index (χ2n) is 3.01. The first-order valence-corrected chi connectivity index (χ1v) is 4.23. The molecule has 0 saturated heterocycles. The van der Waals surface area contributed by atoms with E-state index in [0.29, 0.717) is 15.9 Å². The molecule has 0 aliphatic rings. The largest absolute Gasteiger partial charge is 0.594 e. The molecular weight excluding hydrogens is 182 g/mol. The van der Waals surface area contributed by atoms with Crippen LogP contribution in [0, 0.1) is 5.21 Å². The van der Waals surface area contributed by atoms with Crippen molar-refractivity contribution in [2.45, 2.75) is 13.0 Å². The molecule has 0 fully saturated rings. The Morgan fingerprint density at radius 3 is 2.86 bits per heavy atom. The molecule has 1 aromatic heterocycles. The van der Waals surface area contributed by atoms with Crippen molar-refractivity contribution in [3.63, 3.8) is 0 Å². The molecule has 2 rings (SSSR count). The summed E-state index contributed by atoms with van der Waals surface area (Å²) in [5.41, 5.74) is 0.935.